The number of hydrogen-bond donors (Lipinski definition) is 0. The van der Waals surface area contributed by atoms with E-state index in [2.05, 4.69) is 88.9 Å². The molecule has 0 bridgehead atoms. The van der Waals surface area contributed by atoms with Crippen LogP contribution in [0.1, 0.15) is 81.2 Å². The summed E-state index contributed by atoms with van der Waals surface area (Å²) < 4.78 is 0. The van der Waals surface area contributed by atoms with E-state index in [0.717, 1.165) is 0 Å². The highest BCUT2D eigenvalue weighted by Crippen LogP contribution is 2.23. The van der Waals surface area contributed by atoms with E-state index in [0.29, 0.717) is 5.92 Å². The molecule has 0 atom stereocenters. The monoisotopic (exact) mass is 408 g/mol. The quantitative estimate of drug-likeness (QED) is 0.348. The predicted octanol–water partition coefficient (Wildman–Crippen LogP) is 10.6. The van der Waals surface area contributed by atoms with Crippen LogP contribution in [0.4, 0.5) is 0 Å². The van der Waals surface area contributed by atoms with E-state index in [1.54, 1.807) is 0 Å². The van der Waals surface area contributed by atoms with Gasteiger partial charge >= 0.3 is 0 Å². The molecule has 0 saturated heterocycles. The summed E-state index contributed by atoms with van der Waals surface area (Å²) in [6.07, 6.45) is 9.42. The third kappa shape index (κ3) is 16.6. The van der Waals surface area contributed by atoms with Crippen LogP contribution in [0.15, 0.2) is 85.5 Å². The van der Waals surface area contributed by atoms with E-state index in [4.69, 9.17) is 0 Å². The number of allylic oxidation sites excluding steroid dienone is 5. The van der Waals surface area contributed by atoms with Crippen molar-refractivity contribution >= 4 is 5.57 Å². The third-order valence-corrected chi connectivity index (χ3v) is 3.39. The molecule has 0 spiro atoms. The molecule has 2 aromatic rings. The SMILES string of the molecule is C/C=C\C.C=C/C(=C\C(C)C)c1ccc(-c2ccccc2)cc1.CC.CC.CCC. The maximum atomic E-state index is 3.90. The minimum Gasteiger partial charge on any atom is -0.0985 e. The smallest absolute Gasteiger partial charge is 0.0184 e. The third-order valence-electron chi connectivity index (χ3n) is 3.39. The van der Waals surface area contributed by atoms with Crippen LogP contribution in [-0.2, 0) is 0 Å². The van der Waals surface area contributed by atoms with Gasteiger partial charge in [-0.05, 0) is 42.0 Å². The van der Waals surface area contributed by atoms with Crippen molar-refractivity contribution in [1.29, 1.82) is 0 Å². The minimum atomic E-state index is 0.529. The molecule has 168 valence electrons. The first-order valence-corrected chi connectivity index (χ1v) is 11.6. The van der Waals surface area contributed by atoms with Crippen LogP contribution in [0.5, 0.6) is 0 Å². The van der Waals surface area contributed by atoms with Crippen LogP contribution in [0.2, 0.25) is 0 Å². The van der Waals surface area contributed by atoms with Crippen molar-refractivity contribution in [3.63, 3.8) is 0 Å². The Hall–Kier alpha value is -2.34. The second kappa shape index (κ2) is 24.7. The van der Waals surface area contributed by atoms with Gasteiger partial charge in [-0.1, -0.05) is 147 Å². The standard InChI is InChI=1S/C19H20.C4H8.C3H8.2C2H6/c1-4-16(14-15(2)3)18-10-12-19(13-11-18)17-8-6-5-7-9-17;1-3-4-2;1-3-2;2*1-2/h4-15H,1H2,2-3H3;3-4H,1-2H3;3H2,1-2H3;2*1-2H3/b16-14+;4-3-;;;. The summed E-state index contributed by atoms with van der Waals surface area (Å²) in [5.41, 5.74) is 4.93. The zero-order valence-electron chi connectivity index (χ0n) is 21.5. The highest BCUT2D eigenvalue weighted by atomic mass is 14.1. The first kappa shape index (κ1) is 32.3. The van der Waals surface area contributed by atoms with Crippen molar-refractivity contribution in [3.8, 4) is 11.1 Å². The van der Waals surface area contributed by atoms with Crippen LogP contribution in [0, 0.1) is 5.92 Å². The lowest BCUT2D eigenvalue weighted by atomic mass is 9.98. The molecule has 0 radical (unpaired) electrons. The van der Waals surface area contributed by atoms with Gasteiger partial charge in [0.15, 0.2) is 0 Å². The van der Waals surface area contributed by atoms with Gasteiger partial charge < -0.3 is 0 Å². The second-order valence-corrected chi connectivity index (χ2v) is 6.39. The minimum absolute atomic E-state index is 0.529. The van der Waals surface area contributed by atoms with Crippen molar-refractivity contribution in [2.75, 3.05) is 0 Å². The largest absolute Gasteiger partial charge is 0.0985 e. The normalized spacial score (nSPS) is 9.63. The summed E-state index contributed by atoms with van der Waals surface area (Å²) in [6.45, 7) is 24.5. The topological polar surface area (TPSA) is 0 Å². The van der Waals surface area contributed by atoms with Gasteiger partial charge in [-0.25, -0.2) is 0 Å². The second-order valence-electron chi connectivity index (χ2n) is 6.39. The lowest BCUT2D eigenvalue weighted by Gasteiger charge is -2.07. The molecule has 0 fully saturated rings. The molecular weight excluding hydrogens is 360 g/mol. The maximum absolute atomic E-state index is 3.90. The van der Waals surface area contributed by atoms with Crippen molar-refractivity contribution in [2.24, 2.45) is 5.92 Å². The highest BCUT2D eigenvalue weighted by molar-refractivity contribution is 5.75. The summed E-state index contributed by atoms with van der Waals surface area (Å²) in [5, 5.41) is 0. The van der Waals surface area contributed by atoms with Gasteiger partial charge in [0.25, 0.3) is 0 Å². The molecule has 0 aliphatic carbocycles. The van der Waals surface area contributed by atoms with Crippen molar-refractivity contribution < 1.29 is 0 Å². The van der Waals surface area contributed by atoms with Crippen molar-refractivity contribution in [2.45, 2.75) is 75.7 Å². The predicted molar refractivity (Wildman–Crippen MR) is 144 cm³/mol. The summed E-state index contributed by atoms with van der Waals surface area (Å²) >= 11 is 0. The lowest BCUT2D eigenvalue weighted by Crippen LogP contribution is -1.86. The number of rotatable bonds is 4. The fraction of sp³-hybridized carbons (Fsp3) is 0.400. The van der Waals surface area contributed by atoms with Gasteiger partial charge in [-0.2, -0.15) is 0 Å². The lowest BCUT2D eigenvalue weighted by molar-refractivity contribution is 0.834. The molecule has 0 aliphatic heterocycles. The summed E-state index contributed by atoms with van der Waals surface area (Å²) in [4.78, 5) is 0. The molecule has 2 aromatic carbocycles. The molecule has 0 amide bonds. The Balaban J connectivity index is -0.000000561. The van der Waals surface area contributed by atoms with Gasteiger partial charge in [0.1, 0.15) is 0 Å². The Morgan fingerprint density at radius 2 is 1.17 bits per heavy atom. The molecular formula is C30H48. The van der Waals surface area contributed by atoms with Gasteiger partial charge in [-0.15, -0.1) is 0 Å². The van der Waals surface area contributed by atoms with E-state index in [1.165, 1.54) is 28.7 Å². The van der Waals surface area contributed by atoms with Crippen LogP contribution in [0.25, 0.3) is 16.7 Å². The van der Waals surface area contributed by atoms with E-state index in [1.807, 2.05) is 65.8 Å². The first-order valence-electron chi connectivity index (χ1n) is 11.6. The first-order chi connectivity index (χ1) is 14.5. The number of benzene rings is 2. The summed E-state index contributed by atoms with van der Waals surface area (Å²) in [6, 6.07) is 19.1. The zero-order chi connectivity index (χ0) is 23.8. The van der Waals surface area contributed by atoms with Crippen molar-refractivity contribution in [1.82, 2.24) is 0 Å². The van der Waals surface area contributed by atoms with Crippen LogP contribution < -0.4 is 0 Å². The molecule has 0 N–H and O–H groups in total. The van der Waals surface area contributed by atoms with E-state index in [-0.39, 0.29) is 0 Å². The molecule has 0 saturated carbocycles. The Bertz CT molecular complexity index is 636. The molecule has 0 aliphatic rings. The fourth-order valence-corrected chi connectivity index (χ4v) is 2.13. The zero-order valence-corrected chi connectivity index (χ0v) is 21.5. The molecule has 0 nitrogen and oxygen atoms in total. The molecule has 0 heteroatoms. The average Bonchev–Trinajstić information content (AvgIpc) is 2.81. The highest BCUT2D eigenvalue weighted by Gasteiger charge is 2.01. The van der Waals surface area contributed by atoms with Gasteiger partial charge in [0.2, 0.25) is 0 Å². The Morgan fingerprint density at radius 3 is 1.50 bits per heavy atom. The summed E-state index contributed by atoms with van der Waals surface area (Å²) in [5.74, 6) is 0.529. The van der Waals surface area contributed by atoms with Crippen molar-refractivity contribution in [3.05, 3.63) is 91.0 Å². The van der Waals surface area contributed by atoms with Crippen LogP contribution >= 0.6 is 0 Å². The Labute approximate surface area is 189 Å². The van der Waals surface area contributed by atoms with E-state index < -0.39 is 0 Å². The Kier molecular flexibility index (Phi) is 26.6. The molecule has 0 heterocycles. The van der Waals surface area contributed by atoms with E-state index in [9.17, 15) is 0 Å². The maximum Gasteiger partial charge on any atom is -0.0184 e. The molecule has 30 heavy (non-hydrogen) atoms. The summed E-state index contributed by atoms with van der Waals surface area (Å²) in [7, 11) is 0. The Morgan fingerprint density at radius 1 is 0.767 bits per heavy atom. The van der Waals surface area contributed by atoms with Crippen LogP contribution in [0.3, 0.4) is 0 Å². The van der Waals surface area contributed by atoms with E-state index >= 15 is 0 Å². The molecule has 0 unspecified atom stereocenters. The average molecular weight is 409 g/mol. The fourth-order valence-electron chi connectivity index (χ4n) is 2.13. The van der Waals surface area contributed by atoms with Gasteiger partial charge in [0.05, 0.1) is 0 Å². The van der Waals surface area contributed by atoms with Gasteiger partial charge in [-0.3, -0.25) is 0 Å². The van der Waals surface area contributed by atoms with Crippen LogP contribution in [-0.4, -0.2) is 0 Å². The molecule has 2 rings (SSSR count). The molecule has 0 aromatic heterocycles. The number of hydrogen-bond acceptors (Lipinski definition) is 0. The van der Waals surface area contributed by atoms with Gasteiger partial charge in [0, 0.05) is 0 Å².